The molecule has 0 saturated heterocycles. The molecule has 0 aliphatic heterocycles. The van der Waals surface area contributed by atoms with E-state index in [9.17, 15) is 18.0 Å². The molecule has 2 aromatic heterocycles. The molecule has 0 bridgehead atoms. The molecule has 0 spiro atoms. The topological polar surface area (TPSA) is 167 Å². The van der Waals surface area contributed by atoms with Gasteiger partial charge < -0.3 is 24.6 Å². The van der Waals surface area contributed by atoms with E-state index in [2.05, 4.69) is 25.6 Å². The van der Waals surface area contributed by atoms with E-state index in [1.54, 1.807) is 48.1 Å². The molecule has 4 rings (SSSR count). The molecule has 2 amide bonds. The lowest BCUT2D eigenvalue weighted by molar-refractivity contribution is -0.120. The maximum atomic E-state index is 13.3. The number of nitrogens with zero attached hydrogens (tertiary/aromatic N) is 3. The first-order chi connectivity index (χ1) is 19.7. The Morgan fingerprint density at radius 3 is 2.46 bits per heavy atom. The van der Waals surface area contributed by atoms with E-state index >= 15 is 0 Å². The number of ether oxygens (including phenoxy) is 2. The number of anilines is 1. The van der Waals surface area contributed by atoms with Crippen LogP contribution in [0.2, 0.25) is 0 Å². The predicted octanol–water partition coefficient (Wildman–Crippen LogP) is 2.71. The summed E-state index contributed by atoms with van der Waals surface area (Å²) in [6.07, 6.45) is 4.06. The number of hydrogen-bond acceptors (Lipinski definition) is 9. The van der Waals surface area contributed by atoms with Gasteiger partial charge in [-0.1, -0.05) is 25.1 Å². The smallest absolute Gasteiger partial charge is 0.266 e. The van der Waals surface area contributed by atoms with Crippen LogP contribution in [-0.2, 0) is 27.8 Å². The van der Waals surface area contributed by atoms with Gasteiger partial charge in [-0.15, -0.1) is 0 Å². The third kappa shape index (κ3) is 6.77. The van der Waals surface area contributed by atoms with Crippen LogP contribution in [0.4, 0.5) is 5.82 Å². The zero-order chi connectivity index (χ0) is 29.6. The Hall–Kier alpha value is -4.59. The molecule has 0 saturated carbocycles. The Bertz CT molecular complexity index is 1660. The molecule has 0 aliphatic carbocycles. The normalized spacial score (nSPS) is 11.3. The fraction of sp³-hybridized carbons (Fsp3) is 0.333. The van der Waals surface area contributed by atoms with Gasteiger partial charge in [-0.2, -0.15) is 5.10 Å². The van der Waals surface area contributed by atoms with Crippen molar-refractivity contribution in [1.82, 2.24) is 25.6 Å². The van der Waals surface area contributed by atoms with Gasteiger partial charge >= 0.3 is 0 Å². The van der Waals surface area contributed by atoms with Crippen molar-refractivity contribution < 1.29 is 32.0 Å². The Morgan fingerprint density at radius 1 is 1.00 bits per heavy atom. The lowest BCUT2D eigenvalue weighted by Crippen LogP contribution is -2.34. The highest BCUT2D eigenvalue weighted by Gasteiger charge is 2.25. The van der Waals surface area contributed by atoms with Crippen LogP contribution in [0.5, 0.6) is 11.5 Å². The van der Waals surface area contributed by atoms with Gasteiger partial charge in [0, 0.05) is 25.7 Å². The first kappa shape index (κ1) is 29.4. The number of carbonyl (C=O) groups is 2. The predicted molar refractivity (Wildman–Crippen MR) is 151 cm³/mol. The van der Waals surface area contributed by atoms with Gasteiger partial charge in [0.15, 0.2) is 11.4 Å². The third-order valence-corrected chi connectivity index (χ3v) is 7.63. The summed E-state index contributed by atoms with van der Waals surface area (Å²) in [5.41, 5.74) is 2.21. The SMILES string of the molecule is CCC(=O)NCCNC(=O)c1cnn(Cc2cc(OC)c3c(NS(=O)(=O)c4cc(CC)ccc4OC)noc3c2)c1. The largest absolute Gasteiger partial charge is 0.496 e. The van der Waals surface area contributed by atoms with Gasteiger partial charge in [0.1, 0.15) is 21.8 Å². The van der Waals surface area contributed by atoms with Gasteiger partial charge in [0.25, 0.3) is 15.9 Å². The molecule has 0 unspecified atom stereocenters. The van der Waals surface area contributed by atoms with Crippen LogP contribution < -0.4 is 24.8 Å². The van der Waals surface area contributed by atoms with Crippen molar-refractivity contribution >= 4 is 38.6 Å². The molecule has 14 heteroatoms. The van der Waals surface area contributed by atoms with Crippen molar-refractivity contribution in [3.63, 3.8) is 0 Å². The van der Waals surface area contributed by atoms with E-state index in [-0.39, 0.29) is 41.4 Å². The Balaban J connectivity index is 1.51. The fourth-order valence-corrected chi connectivity index (χ4v) is 5.33. The van der Waals surface area contributed by atoms with Crippen LogP contribution in [0.1, 0.15) is 41.8 Å². The molecule has 3 N–H and O–H groups in total. The minimum absolute atomic E-state index is 0.0182. The number of aromatic nitrogens is 3. The molecule has 0 atom stereocenters. The average molecular weight is 585 g/mol. The van der Waals surface area contributed by atoms with E-state index in [0.717, 1.165) is 11.1 Å². The number of fused-ring (bicyclic) bond motifs is 1. The molecule has 4 aromatic rings. The molecular formula is C27H32N6O7S. The zero-order valence-corrected chi connectivity index (χ0v) is 24.0. The maximum absolute atomic E-state index is 13.3. The van der Waals surface area contributed by atoms with E-state index in [0.29, 0.717) is 41.7 Å². The number of rotatable bonds is 13. The second-order valence-electron chi connectivity index (χ2n) is 9.03. The van der Waals surface area contributed by atoms with E-state index < -0.39 is 10.0 Å². The number of amides is 2. The van der Waals surface area contributed by atoms with Gasteiger partial charge in [0.05, 0.1) is 32.5 Å². The molecule has 218 valence electrons. The van der Waals surface area contributed by atoms with Crippen molar-refractivity contribution in [2.75, 3.05) is 32.0 Å². The summed E-state index contributed by atoms with van der Waals surface area (Å²) in [6, 6.07) is 8.38. The lowest BCUT2D eigenvalue weighted by atomic mass is 10.1. The highest BCUT2D eigenvalue weighted by atomic mass is 32.2. The van der Waals surface area contributed by atoms with Crippen molar-refractivity contribution in [3.05, 3.63) is 59.4 Å². The third-order valence-electron chi connectivity index (χ3n) is 6.27. The van der Waals surface area contributed by atoms with Crippen LogP contribution in [-0.4, -0.2) is 62.5 Å². The molecule has 13 nitrogen and oxygen atoms in total. The number of hydrogen-bond donors (Lipinski definition) is 3. The van der Waals surface area contributed by atoms with Gasteiger partial charge in [0.2, 0.25) is 5.91 Å². The summed E-state index contributed by atoms with van der Waals surface area (Å²) >= 11 is 0. The van der Waals surface area contributed by atoms with Crippen molar-refractivity contribution in [3.8, 4) is 11.5 Å². The zero-order valence-electron chi connectivity index (χ0n) is 23.2. The highest BCUT2D eigenvalue weighted by molar-refractivity contribution is 7.92. The van der Waals surface area contributed by atoms with Gasteiger partial charge in [-0.3, -0.25) is 19.0 Å². The van der Waals surface area contributed by atoms with Crippen molar-refractivity contribution in [2.45, 2.75) is 38.1 Å². The van der Waals surface area contributed by atoms with E-state index in [1.165, 1.54) is 20.4 Å². The quantitative estimate of drug-likeness (QED) is 0.200. The fourth-order valence-electron chi connectivity index (χ4n) is 4.10. The molecule has 2 aromatic carbocycles. The van der Waals surface area contributed by atoms with Crippen molar-refractivity contribution in [2.24, 2.45) is 0 Å². The molecule has 0 aliphatic rings. The second kappa shape index (κ2) is 12.7. The minimum Gasteiger partial charge on any atom is -0.496 e. The van der Waals surface area contributed by atoms with Crippen molar-refractivity contribution in [1.29, 1.82) is 0 Å². The lowest BCUT2D eigenvalue weighted by Gasteiger charge is -2.12. The molecular weight excluding hydrogens is 552 g/mol. The van der Waals surface area contributed by atoms with Gasteiger partial charge in [-0.25, -0.2) is 8.42 Å². The average Bonchev–Trinajstić information content (AvgIpc) is 3.61. The molecule has 0 fully saturated rings. The molecule has 2 heterocycles. The highest BCUT2D eigenvalue weighted by Crippen LogP contribution is 2.36. The van der Waals surface area contributed by atoms with Crippen LogP contribution in [0.15, 0.2) is 52.1 Å². The summed E-state index contributed by atoms with van der Waals surface area (Å²) in [6.45, 7) is 4.58. The minimum atomic E-state index is -4.08. The number of nitrogens with one attached hydrogen (secondary N) is 3. The van der Waals surface area contributed by atoms with E-state index in [4.69, 9.17) is 14.0 Å². The molecule has 41 heavy (non-hydrogen) atoms. The van der Waals surface area contributed by atoms with Crippen LogP contribution in [0.3, 0.4) is 0 Å². The summed E-state index contributed by atoms with van der Waals surface area (Å²) in [5.74, 6) is 0.110. The summed E-state index contributed by atoms with van der Waals surface area (Å²) in [5, 5.41) is 14.0. The van der Waals surface area contributed by atoms with Crippen LogP contribution in [0, 0.1) is 0 Å². The van der Waals surface area contributed by atoms with E-state index in [1.807, 2.05) is 6.92 Å². The number of carbonyl (C=O) groups excluding carboxylic acids is 2. The maximum Gasteiger partial charge on any atom is 0.266 e. The first-order valence-corrected chi connectivity index (χ1v) is 14.4. The number of sulfonamides is 1. The Kier molecular flexibility index (Phi) is 9.12. The summed E-state index contributed by atoms with van der Waals surface area (Å²) < 4.78 is 47.0. The Morgan fingerprint density at radius 2 is 1.76 bits per heavy atom. The number of methoxy groups -OCH3 is 2. The van der Waals surface area contributed by atoms with Crippen LogP contribution in [0.25, 0.3) is 11.0 Å². The summed E-state index contributed by atoms with van der Waals surface area (Å²) in [7, 11) is -1.22. The Labute approximate surface area is 237 Å². The summed E-state index contributed by atoms with van der Waals surface area (Å²) in [4.78, 5) is 23.7. The monoisotopic (exact) mass is 584 g/mol. The first-order valence-electron chi connectivity index (χ1n) is 12.9. The van der Waals surface area contributed by atoms with Gasteiger partial charge in [-0.05, 0) is 41.8 Å². The second-order valence-corrected chi connectivity index (χ2v) is 10.7. The number of aryl methyl sites for hydroxylation is 1. The number of benzene rings is 2. The standard InChI is InChI=1S/C27H32N6O7S/c1-5-17-7-8-20(38-3)23(13-17)41(36,37)32-26-25-21(39-4)11-18(12-22(25)40-31-26)15-33-16-19(14-30-33)27(35)29-10-9-28-24(34)6-2/h7-8,11-14,16H,5-6,9-10,15H2,1-4H3,(H,28,34)(H,29,35)(H,31,32). The molecule has 0 radical (unpaired) electrons. The van der Waals surface area contributed by atoms with Crippen LogP contribution >= 0.6 is 0 Å².